The number of thiazole rings is 1. The van der Waals surface area contributed by atoms with Crippen LogP contribution in [0.15, 0.2) is 30.5 Å². The fraction of sp³-hybridized carbons (Fsp3) is 0.440. The molecule has 0 aliphatic carbocycles. The molecule has 3 rings (SSSR count). The normalized spacial score (nSPS) is 12.1. The number of nitrogens with zero attached hydrogens (tertiary/aromatic N) is 3. The van der Waals surface area contributed by atoms with E-state index in [2.05, 4.69) is 59.7 Å². The summed E-state index contributed by atoms with van der Waals surface area (Å²) in [5.74, 6) is -0.703. The van der Waals surface area contributed by atoms with Crippen molar-refractivity contribution in [1.82, 2.24) is 20.2 Å². The summed E-state index contributed by atoms with van der Waals surface area (Å²) in [6, 6.07) is 8.22. The standard InChI is InChI=1S/C25H34N6O2S/c1-16(14-28-24(32)25(33)29-19-12-17(2)23(26)27-15-19)6-5-7-18-8-9-21-20(13-18)30-22(34-21)10-11-31(3)4/h8-9,12-13,15-16H,5-7,10-11,14H2,1-4H3,(H2,26,27)(H,28,32)(H,29,33)/t16-/m0/s1. The number of carbonyl (C=O) groups is 2. The van der Waals surface area contributed by atoms with E-state index in [1.165, 1.54) is 21.5 Å². The molecule has 8 nitrogen and oxygen atoms in total. The van der Waals surface area contributed by atoms with E-state index in [0.29, 0.717) is 18.1 Å². The fourth-order valence-electron chi connectivity index (χ4n) is 3.55. The van der Waals surface area contributed by atoms with E-state index in [0.717, 1.165) is 43.3 Å². The Morgan fingerprint density at radius 3 is 2.71 bits per heavy atom. The molecule has 9 heteroatoms. The number of aryl methyl sites for hydroxylation is 2. The van der Waals surface area contributed by atoms with E-state index in [4.69, 9.17) is 10.7 Å². The second kappa shape index (κ2) is 11.9. The molecule has 2 aromatic heterocycles. The Kier molecular flexibility index (Phi) is 8.95. The van der Waals surface area contributed by atoms with Crippen molar-refractivity contribution in [1.29, 1.82) is 0 Å². The van der Waals surface area contributed by atoms with E-state index in [1.54, 1.807) is 24.3 Å². The number of likely N-dealkylation sites (N-methyl/N-ethyl adjacent to an activating group) is 1. The maximum Gasteiger partial charge on any atom is 0.313 e. The number of pyridine rings is 1. The first-order valence-corrected chi connectivity index (χ1v) is 12.4. The number of nitrogen functional groups attached to an aromatic ring is 1. The SMILES string of the molecule is Cc1cc(NC(=O)C(=O)NC[C@@H](C)CCCc2ccc3sc(CCN(C)C)nc3c2)cnc1N. The Bertz CT molecular complexity index is 1140. The summed E-state index contributed by atoms with van der Waals surface area (Å²) in [6.07, 6.45) is 5.32. The number of carbonyl (C=O) groups excluding carboxylic acids is 2. The molecule has 4 N–H and O–H groups in total. The zero-order chi connectivity index (χ0) is 24.7. The molecule has 0 aliphatic rings. The summed E-state index contributed by atoms with van der Waals surface area (Å²) in [7, 11) is 4.15. The number of rotatable bonds is 10. The third-order valence-electron chi connectivity index (χ3n) is 5.63. The summed E-state index contributed by atoms with van der Waals surface area (Å²) in [6.45, 7) is 5.32. The lowest BCUT2D eigenvalue weighted by Crippen LogP contribution is -2.37. The van der Waals surface area contributed by atoms with Crippen molar-refractivity contribution in [2.75, 3.05) is 38.2 Å². The van der Waals surface area contributed by atoms with Gasteiger partial charge >= 0.3 is 11.8 Å². The molecule has 0 spiro atoms. The molecule has 0 fully saturated rings. The average Bonchev–Trinajstić information content (AvgIpc) is 3.20. The van der Waals surface area contributed by atoms with Crippen LogP contribution in [0.3, 0.4) is 0 Å². The average molecular weight is 483 g/mol. The van der Waals surface area contributed by atoms with E-state index in [9.17, 15) is 9.59 Å². The van der Waals surface area contributed by atoms with Crippen LogP contribution in [0.5, 0.6) is 0 Å². The van der Waals surface area contributed by atoms with Crippen LogP contribution in [0.1, 0.15) is 35.9 Å². The number of benzene rings is 1. The third kappa shape index (κ3) is 7.50. The van der Waals surface area contributed by atoms with Gasteiger partial charge in [0.05, 0.1) is 27.1 Å². The fourth-order valence-corrected chi connectivity index (χ4v) is 4.48. The summed E-state index contributed by atoms with van der Waals surface area (Å²) in [5.41, 5.74) is 9.22. The van der Waals surface area contributed by atoms with E-state index >= 15 is 0 Å². The minimum atomic E-state index is -0.709. The van der Waals surface area contributed by atoms with Gasteiger partial charge in [-0.2, -0.15) is 0 Å². The molecular formula is C25H34N6O2S. The first-order chi connectivity index (χ1) is 16.2. The highest BCUT2D eigenvalue weighted by molar-refractivity contribution is 7.18. The van der Waals surface area contributed by atoms with Crippen molar-refractivity contribution < 1.29 is 9.59 Å². The second-order valence-corrected chi connectivity index (χ2v) is 10.2. The highest BCUT2D eigenvalue weighted by Gasteiger charge is 2.15. The maximum absolute atomic E-state index is 12.1. The highest BCUT2D eigenvalue weighted by Crippen LogP contribution is 2.24. The first-order valence-electron chi connectivity index (χ1n) is 11.6. The van der Waals surface area contributed by atoms with Gasteiger partial charge in [0.15, 0.2) is 0 Å². The van der Waals surface area contributed by atoms with Crippen LogP contribution in [-0.2, 0) is 22.4 Å². The molecule has 0 bridgehead atoms. The second-order valence-electron chi connectivity index (χ2n) is 9.05. The van der Waals surface area contributed by atoms with Gasteiger partial charge in [0, 0.05) is 19.5 Å². The Hall–Kier alpha value is -3.04. The summed E-state index contributed by atoms with van der Waals surface area (Å²) >= 11 is 1.77. The molecule has 182 valence electrons. The molecule has 1 atom stereocenters. The van der Waals surface area contributed by atoms with Gasteiger partial charge in [-0.1, -0.05) is 13.0 Å². The van der Waals surface area contributed by atoms with Gasteiger partial charge in [-0.05, 0) is 75.5 Å². The molecule has 2 heterocycles. The van der Waals surface area contributed by atoms with Crippen molar-refractivity contribution in [3.05, 3.63) is 46.6 Å². The van der Waals surface area contributed by atoms with Gasteiger partial charge in [0.1, 0.15) is 5.82 Å². The molecule has 3 aromatic rings. The van der Waals surface area contributed by atoms with Crippen LogP contribution in [-0.4, -0.2) is 53.9 Å². The van der Waals surface area contributed by atoms with Crippen LogP contribution < -0.4 is 16.4 Å². The van der Waals surface area contributed by atoms with Crippen LogP contribution in [0.25, 0.3) is 10.2 Å². The van der Waals surface area contributed by atoms with Gasteiger partial charge in [-0.25, -0.2) is 9.97 Å². The van der Waals surface area contributed by atoms with Crippen molar-refractivity contribution in [2.45, 2.75) is 39.5 Å². The molecule has 0 saturated heterocycles. The maximum atomic E-state index is 12.1. The van der Waals surface area contributed by atoms with Gasteiger partial charge < -0.3 is 21.3 Å². The number of fused-ring (bicyclic) bond motifs is 1. The smallest absolute Gasteiger partial charge is 0.313 e. The number of hydrogen-bond donors (Lipinski definition) is 3. The molecule has 0 aliphatic heterocycles. The molecule has 0 saturated carbocycles. The van der Waals surface area contributed by atoms with Gasteiger partial charge in [0.2, 0.25) is 0 Å². The number of amides is 2. The van der Waals surface area contributed by atoms with Crippen LogP contribution in [0.2, 0.25) is 0 Å². The monoisotopic (exact) mass is 482 g/mol. The van der Waals surface area contributed by atoms with Crippen molar-refractivity contribution in [3.63, 3.8) is 0 Å². The summed E-state index contributed by atoms with van der Waals surface area (Å²) < 4.78 is 1.23. The highest BCUT2D eigenvalue weighted by atomic mass is 32.1. The van der Waals surface area contributed by atoms with Crippen molar-refractivity contribution >= 4 is 44.9 Å². The predicted octanol–water partition coefficient (Wildman–Crippen LogP) is 3.40. The van der Waals surface area contributed by atoms with E-state index in [-0.39, 0.29) is 5.92 Å². The summed E-state index contributed by atoms with van der Waals surface area (Å²) in [5, 5.41) is 6.44. The lowest BCUT2D eigenvalue weighted by molar-refractivity contribution is -0.136. The van der Waals surface area contributed by atoms with Gasteiger partial charge in [-0.3, -0.25) is 9.59 Å². The van der Waals surface area contributed by atoms with Gasteiger partial charge in [0.25, 0.3) is 0 Å². The van der Waals surface area contributed by atoms with Crippen LogP contribution >= 0.6 is 11.3 Å². The summed E-state index contributed by atoms with van der Waals surface area (Å²) in [4.78, 5) is 35.2. The van der Waals surface area contributed by atoms with E-state index in [1.807, 2.05) is 0 Å². The lowest BCUT2D eigenvalue weighted by atomic mass is 10.0. The Balaban J connectivity index is 1.40. The largest absolute Gasteiger partial charge is 0.383 e. The topological polar surface area (TPSA) is 113 Å². The van der Waals surface area contributed by atoms with E-state index < -0.39 is 11.8 Å². The predicted molar refractivity (Wildman–Crippen MR) is 139 cm³/mol. The minimum Gasteiger partial charge on any atom is -0.383 e. The van der Waals surface area contributed by atoms with Crippen LogP contribution in [0.4, 0.5) is 11.5 Å². The number of nitrogens with two attached hydrogens (primary N) is 1. The molecule has 1 aromatic carbocycles. The third-order valence-corrected chi connectivity index (χ3v) is 6.72. The number of hydrogen-bond acceptors (Lipinski definition) is 7. The lowest BCUT2D eigenvalue weighted by Gasteiger charge is -2.13. The first kappa shape index (κ1) is 25.6. The van der Waals surface area contributed by atoms with Gasteiger partial charge in [-0.15, -0.1) is 11.3 Å². The molecule has 2 amide bonds. The Morgan fingerprint density at radius 1 is 1.18 bits per heavy atom. The Morgan fingerprint density at radius 2 is 1.97 bits per heavy atom. The quantitative estimate of drug-likeness (QED) is 0.382. The van der Waals surface area contributed by atoms with Crippen LogP contribution in [0, 0.1) is 12.8 Å². The molecule has 0 radical (unpaired) electrons. The minimum absolute atomic E-state index is 0.262. The Labute approximate surface area is 205 Å². The zero-order valence-electron chi connectivity index (χ0n) is 20.4. The number of aromatic nitrogens is 2. The molecular weight excluding hydrogens is 448 g/mol. The number of nitrogens with one attached hydrogen (secondary N) is 2. The molecule has 34 heavy (non-hydrogen) atoms. The van der Waals surface area contributed by atoms with Crippen molar-refractivity contribution in [2.24, 2.45) is 5.92 Å². The van der Waals surface area contributed by atoms with Crippen molar-refractivity contribution in [3.8, 4) is 0 Å². The zero-order valence-corrected chi connectivity index (χ0v) is 21.2. The number of anilines is 2. The molecule has 0 unspecified atom stereocenters.